The molecule has 69 heavy (non-hydrogen) atoms. The third kappa shape index (κ3) is 5.46. The van der Waals surface area contributed by atoms with E-state index in [-0.39, 0.29) is 10.8 Å². The monoisotopic (exact) mass is 915 g/mol. The van der Waals surface area contributed by atoms with Crippen molar-refractivity contribution in [3.63, 3.8) is 0 Å². The summed E-state index contributed by atoms with van der Waals surface area (Å²) in [4.78, 5) is 3.77. The highest BCUT2D eigenvalue weighted by Crippen LogP contribution is 2.53. The van der Waals surface area contributed by atoms with Crippen LogP contribution in [0.15, 0.2) is 194 Å². The van der Waals surface area contributed by atoms with Crippen molar-refractivity contribution in [2.75, 3.05) is 0 Å². The third-order valence-electron chi connectivity index (χ3n) is 16.1. The lowest BCUT2D eigenvalue weighted by atomic mass is 9.81. The predicted molar refractivity (Wildman–Crippen MR) is 298 cm³/mol. The van der Waals surface area contributed by atoms with E-state index in [1.165, 1.54) is 140 Å². The van der Waals surface area contributed by atoms with Gasteiger partial charge in [-0.15, -0.1) is 22.7 Å². The van der Waals surface area contributed by atoms with Crippen molar-refractivity contribution < 1.29 is 0 Å². The summed E-state index contributed by atoms with van der Waals surface area (Å²) in [5, 5.41) is 7.76. The van der Waals surface area contributed by atoms with Gasteiger partial charge in [0.05, 0.1) is 0 Å². The second-order valence-electron chi connectivity index (χ2n) is 20.4. The molecule has 0 amide bonds. The second kappa shape index (κ2) is 14.0. The fraction of sp³-hybridized carbons (Fsp3) is 0.0909. The summed E-state index contributed by atoms with van der Waals surface area (Å²) < 4.78 is 5.35. The van der Waals surface area contributed by atoms with Crippen LogP contribution in [-0.2, 0) is 10.8 Å². The van der Waals surface area contributed by atoms with Crippen LogP contribution >= 0.6 is 22.7 Å². The van der Waals surface area contributed by atoms with E-state index in [1.54, 1.807) is 0 Å². The van der Waals surface area contributed by atoms with Crippen molar-refractivity contribution in [1.82, 2.24) is 4.98 Å². The maximum Gasteiger partial charge on any atom is 0.0465 e. The molecule has 2 aliphatic carbocycles. The molecule has 326 valence electrons. The molecule has 0 fully saturated rings. The maximum absolute atomic E-state index is 3.77. The number of aromatic amines is 1. The SMILES string of the molecule is CC1(C)c2ccccc2-c2ccc(-c3cccc4c3sc3c(-c5ccc6[nH]c7ccc(-c8cccc9c8sc8c(-c%10ccc%11c(c%10)C(C)(C)c%10ccccc%10-%11)cccc89)cc7c6c5)cccc34)cc21. The number of hydrogen-bond acceptors (Lipinski definition) is 2. The van der Waals surface area contributed by atoms with Crippen LogP contribution in [0, 0.1) is 0 Å². The molecule has 3 heterocycles. The van der Waals surface area contributed by atoms with Crippen LogP contribution in [0.2, 0.25) is 0 Å². The largest absolute Gasteiger partial charge is 0.355 e. The molecule has 0 saturated heterocycles. The van der Waals surface area contributed by atoms with Crippen LogP contribution in [0.3, 0.4) is 0 Å². The summed E-state index contributed by atoms with van der Waals surface area (Å²) >= 11 is 3.87. The molecule has 10 aromatic carbocycles. The average Bonchev–Trinajstić information content (AvgIpc) is 4.17. The number of rotatable bonds is 4. The summed E-state index contributed by atoms with van der Waals surface area (Å²) in [7, 11) is 0. The van der Waals surface area contributed by atoms with Gasteiger partial charge in [0.2, 0.25) is 0 Å². The van der Waals surface area contributed by atoms with Crippen molar-refractivity contribution in [1.29, 1.82) is 0 Å². The Labute approximate surface area is 409 Å². The van der Waals surface area contributed by atoms with Crippen molar-refractivity contribution in [2.45, 2.75) is 38.5 Å². The first-order chi connectivity index (χ1) is 33.7. The molecule has 1 N–H and O–H groups in total. The van der Waals surface area contributed by atoms with Crippen LogP contribution in [0.1, 0.15) is 49.9 Å². The van der Waals surface area contributed by atoms with Gasteiger partial charge in [0.15, 0.2) is 0 Å². The van der Waals surface area contributed by atoms with Crippen LogP contribution < -0.4 is 0 Å². The zero-order valence-corrected chi connectivity index (χ0v) is 40.4. The molecule has 0 atom stereocenters. The standard InChI is InChI=1S/C66H45NS2/c1-65(2)55-23-7-5-13-45(55)47-29-25-39(35-57(47)65)43-17-11-21-51-49-19-9-15-41(61(49)68-63(43)51)37-27-31-59-53(33-37)54-34-38(28-32-60(54)67-59)42-16-10-20-50-52-22-12-18-44(64(52)69-62(42)50)40-26-30-48-46-14-6-8-24-56(46)66(3,4)58(48)36-40/h5-36,67H,1-4H3. The topological polar surface area (TPSA) is 15.8 Å². The molecule has 1 nitrogen and oxygen atoms in total. The van der Waals surface area contributed by atoms with Crippen molar-refractivity contribution in [3.05, 3.63) is 216 Å². The van der Waals surface area contributed by atoms with Crippen LogP contribution in [0.4, 0.5) is 0 Å². The van der Waals surface area contributed by atoms with Gasteiger partial charge < -0.3 is 4.98 Å². The first-order valence-electron chi connectivity index (χ1n) is 24.1. The minimum absolute atomic E-state index is 0.0450. The van der Waals surface area contributed by atoms with Crippen molar-refractivity contribution in [3.8, 4) is 66.8 Å². The van der Waals surface area contributed by atoms with Crippen molar-refractivity contribution in [2.24, 2.45) is 0 Å². The van der Waals surface area contributed by atoms with Crippen LogP contribution in [0.25, 0.3) is 129 Å². The van der Waals surface area contributed by atoms with Gasteiger partial charge in [-0.05, 0) is 125 Å². The first kappa shape index (κ1) is 39.4. The molecule has 0 bridgehead atoms. The van der Waals surface area contributed by atoms with E-state index in [9.17, 15) is 0 Å². The molecule has 3 heteroatoms. The van der Waals surface area contributed by atoms with Crippen molar-refractivity contribution >= 4 is 84.8 Å². The number of H-pyrrole nitrogens is 1. The first-order valence-corrected chi connectivity index (χ1v) is 25.8. The Hall–Kier alpha value is -7.56. The van der Waals surface area contributed by atoms with Gasteiger partial charge >= 0.3 is 0 Å². The highest BCUT2D eigenvalue weighted by Gasteiger charge is 2.37. The van der Waals surface area contributed by atoms with Gasteiger partial charge in [-0.3, -0.25) is 0 Å². The smallest absolute Gasteiger partial charge is 0.0465 e. The number of hydrogen-bond donors (Lipinski definition) is 1. The molecule has 15 rings (SSSR count). The quantitative estimate of drug-likeness (QED) is 0.181. The Balaban J connectivity index is 0.828. The summed E-state index contributed by atoms with van der Waals surface area (Å²) in [5.41, 5.74) is 23.5. The number of aromatic nitrogens is 1. The molecular weight excluding hydrogens is 871 g/mol. The number of nitrogens with one attached hydrogen (secondary N) is 1. The summed E-state index contributed by atoms with van der Waals surface area (Å²) in [6, 6.07) is 73.6. The van der Waals surface area contributed by atoms with Gasteiger partial charge in [-0.1, -0.05) is 185 Å². The molecule has 0 radical (unpaired) electrons. The van der Waals surface area contributed by atoms with E-state index in [4.69, 9.17) is 0 Å². The molecule has 0 spiro atoms. The third-order valence-corrected chi connectivity index (χ3v) is 18.6. The lowest BCUT2D eigenvalue weighted by Crippen LogP contribution is -2.14. The molecule has 0 unspecified atom stereocenters. The normalized spacial score (nSPS) is 14.3. The average molecular weight is 916 g/mol. The Morgan fingerprint density at radius 1 is 0.275 bits per heavy atom. The van der Waals surface area contributed by atoms with E-state index in [0.717, 1.165) is 11.0 Å². The van der Waals surface area contributed by atoms with E-state index in [1.807, 2.05) is 22.7 Å². The van der Waals surface area contributed by atoms with Crippen LogP contribution in [-0.4, -0.2) is 4.98 Å². The minimum atomic E-state index is -0.0450. The molecule has 0 saturated carbocycles. The Morgan fingerprint density at radius 2 is 0.594 bits per heavy atom. The zero-order valence-electron chi connectivity index (χ0n) is 38.8. The van der Waals surface area contributed by atoms with Gasteiger partial charge in [0.1, 0.15) is 0 Å². The van der Waals surface area contributed by atoms with E-state index >= 15 is 0 Å². The highest BCUT2D eigenvalue weighted by atomic mass is 32.1. The molecule has 2 aliphatic rings. The fourth-order valence-electron chi connectivity index (χ4n) is 12.5. The number of fused-ring (bicyclic) bond motifs is 15. The number of benzene rings is 10. The van der Waals surface area contributed by atoms with Gasteiger partial charge in [0.25, 0.3) is 0 Å². The molecule has 0 aliphatic heterocycles. The van der Waals surface area contributed by atoms with E-state index < -0.39 is 0 Å². The van der Waals surface area contributed by atoms with Gasteiger partial charge in [-0.2, -0.15) is 0 Å². The van der Waals surface area contributed by atoms with Gasteiger partial charge in [0, 0.05) is 73.0 Å². The van der Waals surface area contributed by atoms with E-state index in [0.29, 0.717) is 0 Å². The maximum atomic E-state index is 3.77. The lowest BCUT2D eigenvalue weighted by Gasteiger charge is -2.22. The minimum Gasteiger partial charge on any atom is -0.355 e. The second-order valence-corrected chi connectivity index (χ2v) is 22.5. The highest BCUT2D eigenvalue weighted by molar-refractivity contribution is 7.27. The Morgan fingerprint density at radius 3 is 0.986 bits per heavy atom. The Kier molecular flexibility index (Phi) is 8.01. The van der Waals surface area contributed by atoms with E-state index in [2.05, 4.69) is 227 Å². The lowest BCUT2D eigenvalue weighted by molar-refractivity contribution is 0.660. The fourth-order valence-corrected chi connectivity index (χ4v) is 15.3. The molecule has 3 aromatic heterocycles. The summed E-state index contributed by atoms with van der Waals surface area (Å²) in [5.74, 6) is 0. The summed E-state index contributed by atoms with van der Waals surface area (Å²) in [6.45, 7) is 9.48. The molecule has 13 aromatic rings. The van der Waals surface area contributed by atoms with Crippen LogP contribution in [0.5, 0.6) is 0 Å². The summed E-state index contributed by atoms with van der Waals surface area (Å²) in [6.07, 6.45) is 0. The predicted octanol–water partition coefficient (Wildman–Crippen LogP) is 19.3. The molecular formula is C66H45NS2. The number of thiophene rings is 2. The zero-order chi connectivity index (χ0) is 45.9. The Bertz CT molecular complexity index is 4100. The van der Waals surface area contributed by atoms with Gasteiger partial charge in [-0.25, -0.2) is 0 Å².